The van der Waals surface area contributed by atoms with Crippen LogP contribution in [0.15, 0.2) is 48.7 Å². The Labute approximate surface area is 163 Å². The van der Waals surface area contributed by atoms with E-state index in [1.807, 2.05) is 32.0 Å². The number of hydrogen-bond donors (Lipinski definition) is 2. The smallest absolute Gasteiger partial charge is 0.274 e. The maximum atomic E-state index is 12.7. The summed E-state index contributed by atoms with van der Waals surface area (Å²) in [5, 5.41) is 5.92. The normalized spacial score (nSPS) is 10.3. The van der Waals surface area contributed by atoms with Gasteiger partial charge in [-0.05, 0) is 55.3 Å². The standard InChI is InChI=1S/C21H22N4O3/c1-13-5-6-15(11-14(13)2)23-21-22-10-9-17(25-21)20(26)24-18-12-16(27-3)7-8-19(18)28-4/h5-12H,1-4H3,(H,24,26)(H,22,23,25). The molecule has 0 unspecified atom stereocenters. The lowest BCUT2D eigenvalue weighted by Gasteiger charge is -2.12. The fraction of sp³-hybridized carbons (Fsp3) is 0.190. The van der Waals surface area contributed by atoms with E-state index in [4.69, 9.17) is 9.47 Å². The Balaban J connectivity index is 1.80. The molecule has 0 saturated carbocycles. The Kier molecular flexibility index (Phi) is 5.74. The molecule has 1 aromatic heterocycles. The summed E-state index contributed by atoms with van der Waals surface area (Å²) in [6, 6.07) is 12.7. The largest absolute Gasteiger partial charge is 0.497 e. The van der Waals surface area contributed by atoms with Crippen molar-refractivity contribution in [1.82, 2.24) is 9.97 Å². The second-order valence-corrected chi connectivity index (χ2v) is 6.21. The summed E-state index contributed by atoms with van der Waals surface area (Å²) >= 11 is 0. The minimum absolute atomic E-state index is 0.228. The van der Waals surface area contributed by atoms with Crippen molar-refractivity contribution in [2.45, 2.75) is 13.8 Å². The van der Waals surface area contributed by atoms with Crippen LogP contribution in [0, 0.1) is 13.8 Å². The Hall–Kier alpha value is -3.61. The van der Waals surface area contributed by atoms with Crippen LogP contribution in [0.2, 0.25) is 0 Å². The summed E-state index contributed by atoms with van der Waals surface area (Å²) in [5.41, 5.74) is 3.94. The lowest BCUT2D eigenvalue weighted by Crippen LogP contribution is -2.15. The quantitative estimate of drug-likeness (QED) is 0.671. The average molecular weight is 378 g/mol. The number of hydrogen-bond acceptors (Lipinski definition) is 6. The zero-order chi connectivity index (χ0) is 20.1. The minimum Gasteiger partial charge on any atom is -0.497 e. The zero-order valence-electron chi connectivity index (χ0n) is 16.2. The first kappa shape index (κ1) is 19.2. The van der Waals surface area contributed by atoms with Gasteiger partial charge >= 0.3 is 0 Å². The fourth-order valence-corrected chi connectivity index (χ4v) is 2.59. The molecule has 7 heteroatoms. The third-order valence-corrected chi connectivity index (χ3v) is 4.31. The molecule has 2 aromatic carbocycles. The van der Waals surface area contributed by atoms with E-state index in [0.717, 1.165) is 11.3 Å². The van der Waals surface area contributed by atoms with Crippen molar-refractivity contribution in [2.75, 3.05) is 24.9 Å². The molecular formula is C21H22N4O3. The van der Waals surface area contributed by atoms with Crippen LogP contribution in [0.25, 0.3) is 0 Å². The summed E-state index contributed by atoms with van der Waals surface area (Å²) < 4.78 is 10.5. The van der Waals surface area contributed by atoms with Gasteiger partial charge in [-0.2, -0.15) is 0 Å². The van der Waals surface area contributed by atoms with Crippen LogP contribution in [0.5, 0.6) is 11.5 Å². The molecule has 7 nitrogen and oxygen atoms in total. The summed E-state index contributed by atoms with van der Waals surface area (Å²) in [6.45, 7) is 4.08. The van der Waals surface area contributed by atoms with Crippen LogP contribution in [0.4, 0.5) is 17.3 Å². The Bertz CT molecular complexity index is 1000. The summed E-state index contributed by atoms with van der Waals surface area (Å²) in [4.78, 5) is 21.2. The number of carbonyl (C=O) groups is 1. The molecule has 1 amide bonds. The summed E-state index contributed by atoms with van der Waals surface area (Å²) in [5.74, 6) is 1.10. The number of amides is 1. The van der Waals surface area contributed by atoms with Crippen LogP contribution in [0.1, 0.15) is 21.6 Å². The Morgan fingerprint density at radius 1 is 0.964 bits per heavy atom. The highest BCUT2D eigenvalue weighted by Crippen LogP contribution is 2.29. The van der Waals surface area contributed by atoms with Crippen molar-refractivity contribution in [3.8, 4) is 11.5 Å². The average Bonchev–Trinajstić information content (AvgIpc) is 2.71. The molecule has 3 aromatic rings. The summed E-state index contributed by atoms with van der Waals surface area (Å²) in [6.07, 6.45) is 1.54. The van der Waals surface area contributed by atoms with Gasteiger partial charge in [0.15, 0.2) is 0 Å². The predicted molar refractivity (Wildman–Crippen MR) is 109 cm³/mol. The Morgan fingerprint density at radius 3 is 2.50 bits per heavy atom. The van der Waals surface area contributed by atoms with Gasteiger partial charge in [0, 0.05) is 18.0 Å². The number of nitrogens with zero attached hydrogens (tertiary/aromatic N) is 2. The van der Waals surface area contributed by atoms with E-state index < -0.39 is 0 Å². The van der Waals surface area contributed by atoms with Gasteiger partial charge in [-0.3, -0.25) is 4.79 Å². The number of aromatic nitrogens is 2. The molecule has 1 heterocycles. The van der Waals surface area contributed by atoms with Crippen molar-refractivity contribution in [2.24, 2.45) is 0 Å². The molecule has 0 saturated heterocycles. The topological polar surface area (TPSA) is 85.4 Å². The molecule has 3 rings (SSSR count). The van der Waals surface area contributed by atoms with Gasteiger partial charge in [-0.15, -0.1) is 0 Å². The van der Waals surface area contributed by atoms with Gasteiger partial charge in [-0.25, -0.2) is 9.97 Å². The lowest BCUT2D eigenvalue weighted by molar-refractivity contribution is 0.102. The molecule has 28 heavy (non-hydrogen) atoms. The van der Waals surface area contributed by atoms with Crippen LogP contribution >= 0.6 is 0 Å². The van der Waals surface area contributed by atoms with Crippen LogP contribution in [-0.4, -0.2) is 30.1 Å². The third kappa shape index (κ3) is 4.37. The highest BCUT2D eigenvalue weighted by atomic mass is 16.5. The van der Waals surface area contributed by atoms with E-state index in [-0.39, 0.29) is 11.6 Å². The van der Waals surface area contributed by atoms with Crippen molar-refractivity contribution in [3.05, 3.63) is 65.5 Å². The van der Waals surface area contributed by atoms with E-state index in [1.54, 1.807) is 31.4 Å². The number of aryl methyl sites for hydroxylation is 2. The molecule has 0 aliphatic rings. The predicted octanol–water partition coefficient (Wildman–Crippen LogP) is 4.11. The molecule has 0 atom stereocenters. The summed E-state index contributed by atoms with van der Waals surface area (Å²) in [7, 11) is 3.09. The number of carbonyl (C=O) groups excluding carboxylic acids is 1. The zero-order valence-corrected chi connectivity index (χ0v) is 16.2. The maximum Gasteiger partial charge on any atom is 0.274 e. The molecule has 2 N–H and O–H groups in total. The number of methoxy groups -OCH3 is 2. The highest BCUT2D eigenvalue weighted by molar-refractivity contribution is 6.04. The van der Waals surface area contributed by atoms with Gasteiger partial charge < -0.3 is 20.1 Å². The first-order valence-electron chi connectivity index (χ1n) is 8.71. The van der Waals surface area contributed by atoms with Crippen molar-refractivity contribution in [3.63, 3.8) is 0 Å². The van der Waals surface area contributed by atoms with Crippen molar-refractivity contribution >= 4 is 23.2 Å². The molecule has 0 radical (unpaired) electrons. The second-order valence-electron chi connectivity index (χ2n) is 6.21. The van der Waals surface area contributed by atoms with Crippen molar-refractivity contribution < 1.29 is 14.3 Å². The van der Waals surface area contributed by atoms with Crippen LogP contribution < -0.4 is 20.1 Å². The number of rotatable bonds is 6. The first-order chi connectivity index (χ1) is 13.5. The molecule has 144 valence electrons. The number of anilines is 3. The number of ether oxygens (including phenoxy) is 2. The molecule has 0 aliphatic heterocycles. The molecule has 0 fully saturated rings. The monoisotopic (exact) mass is 378 g/mol. The number of nitrogens with one attached hydrogen (secondary N) is 2. The van der Waals surface area contributed by atoms with Gasteiger partial charge in [0.1, 0.15) is 17.2 Å². The van der Waals surface area contributed by atoms with E-state index in [1.165, 1.54) is 18.9 Å². The number of benzene rings is 2. The van der Waals surface area contributed by atoms with E-state index >= 15 is 0 Å². The molecule has 0 spiro atoms. The molecular weight excluding hydrogens is 356 g/mol. The SMILES string of the molecule is COc1ccc(OC)c(NC(=O)c2ccnc(Nc3ccc(C)c(C)c3)n2)c1. The van der Waals surface area contributed by atoms with E-state index in [2.05, 4.69) is 20.6 Å². The fourth-order valence-electron chi connectivity index (χ4n) is 2.59. The van der Waals surface area contributed by atoms with Gasteiger partial charge in [0.05, 0.1) is 19.9 Å². The molecule has 0 aliphatic carbocycles. The van der Waals surface area contributed by atoms with E-state index in [0.29, 0.717) is 23.1 Å². The van der Waals surface area contributed by atoms with Crippen LogP contribution in [-0.2, 0) is 0 Å². The first-order valence-corrected chi connectivity index (χ1v) is 8.71. The van der Waals surface area contributed by atoms with Gasteiger partial charge in [-0.1, -0.05) is 6.07 Å². The minimum atomic E-state index is -0.378. The van der Waals surface area contributed by atoms with Crippen molar-refractivity contribution in [1.29, 1.82) is 0 Å². The Morgan fingerprint density at radius 2 is 1.79 bits per heavy atom. The maximum absolute atomic E-state index is 12.7. The lowest BCUT2D eigenvalue weighted by atomic mass is 10.1. The van der Waals surface area contributed by atoms with E-state index in [9.17, 15) is 4.79 Å². The third-order valence-electron chi connectivity index (χ3n) is 4.31. The van der Waals surface area contributed by atoms with Crippen LogP contribution in [0.3, 0.4) is 0 Å². The molecule has 0 bridgehead atoms. The van der Waals surface area contributed by atoms with Gasteiger partial charge in [0.25, 0.3) is 5.91 Å². The highest BCUT2D eigenvalue weighted by Gasteiger charge is 2.13. The van der Waals surface area contributed by atoms with Gasteiger partial charge in [0.2, 0.25) is 5.95 Å². The second kappa shape index (κ2) is 8.39.